The van der Waals surface area contributed by atoms with Gasteiger partial charge in [-0.25, -0.2) is 0 Å². The summed E-state index contributed by atoms with van der Waals surface area (Å²) in [4.78, 5) is 12.7. The first-order valence-electron chi connectivity index (χ1n) is 9.17. The highest BCUT2D eigenvalue weighted by molar-refractivity contribution is 5.79. The molecule has 0 aromatic carbocycles. The maximum absolute atomic E-state index is 12.7. The maximum atomic E-state index is 12.7. The average molecular weight is 319 g/mol. The Morgan fingerprint density at radius 1 is 1.30 bits per heavy atom. The molecule has 3 atom stereocenters. The van der Waals surface area contributed by atoms with Crippen molar-refractivity contribution in [3.8, 4) is 0 Å². The summed E-state index contributed by atoms with van der Waals surface area (Å²) >= 11 is 0. The molecule has 128 valence electrons. The number of aryl methyl sites for hydroxylation is 1. The van der Waals surface area contributed by atoms with Crippen LogP contribution in [0.5, 0.6) is 0 Å². The molecule has 0 radical (unpaired) electrons. The van der Waals surface area contributed by atoms with E-state index in [1.807, 2.05) is 0 Å². The molecule has 0 bridgehead atoms. The Hall–Kier alpha value is -1.43. The summed E-state index contributed by atoms with van der Waals surface area (Å²) in [6.07, 6.45) is 8.57. The molecule has 1 aliphatic carbocycles. The summed E-state index contributed by atoms with van der Waals surface area (Å²) in [5, 5.41) is 12.0. The van der Waals surface area contributed by atoms with E-state index in [4.69, 9.17) is 5.73 Å². The van der Waals surface area contributed by atoms with Crippen LogP contribution in [0.4, 0.5) is 0 Å². The first-order chi connectivity index (χ1) is 11.2. The quantitative estimate of drug-likeness (QED) is 0.868. The Morgan fingerprint density at radius 2 is 2.17 bits per heavy atom. The molecule has 3 N–H and O–H groups in total. The summed E-state index contributed by atoms with van der Waals surface area (Å²) in [6, 6.07) is -0.0409. The fourth-order valence-electron chi connectivity index (χ4n) is 4.06. The van der Waals surface area contributed by atoms with Gasteiger partial charge in [-0.15, -0.1) is 10.2 Å². The van der Waals surface area contributed by atoms with Crippen LogP contribution in [0.25, 0.3) is 0 Å². The molecule has 1 aromatic rings. The second-order valence-electron chi connectivity index (χ2n) is 6.94. The Bertz CT molecular complexity index is 541. The molecular weight excluding hydrogens is 290 g/mol. The molecule has 1 amide bonds. The number of nitrogens with two attached hydrogens (primary N) is 1. The minimum Gasteiger partial charge on any atom is -0.346 e. The number of hydrogen-bond donors (Lipinski definition) is 2. The van der Waals surface area contributed by atoms with E-state index in [0.29, 0.717) is 12.5 Å². The number of nitrogens with zero attached hydrogens (tertiary/aromatic N) is 3. The standard InChI is InChI=1S/C17H29N5O/c1-2-14(19-17(23)13-8-6-7-12(13)11-18)16-21-20-15-9-4-3-5-10-22(15)16/h12-14H,2-11,18H2,1H3,(H,19,23)/t12-,13-,14?/m1/s1. The van der Waals surface area contributed by atoms with Gasteiger partial charge in [0.05, 0.1) is 6.04 Å². The van der Waals surface area contributed by atoms with E-state index >= 15 is 0 Å². The molecule has 1 unspecified atom stereocenters. The molecule has 2 heterocycles. The van der Waals surface area contributed by atoms with Gasteiger partial charge in [-0.1, -0.05) is 19.8 Å². The highest BCUT2D eigenvalue weighted by Gasteiger charge is 2.33. The summed E-state index contributed by atoms with van der Waals surface area (Å²) in [5.74, 6) is 2.56. The summed E-state index contributed by atoms with van der Waals surface area (Å²) in [6.45, 7) is 3.67. The number of nitrogens with one attached hydrogen (secondary N) is 1. The minimum absolute atomic E-state index is 0.0409. The van der Waals surface area contributed by atoms with Crippen molar-refractivity contribution in [1.29, 1.82) is 0 Å². The van der Waals surface area contributed by atoms with E-state index in [9.17, 15) is 4.79 Å². The monoisotopic (exact) mass is 319 g/mol. The van der Waals surface area contributed by atoms with E-state index in [1.165, 1.54) is 19.3 Å². The third-order valence-corrected chi connectivity index (χ3v) is 5.47. The van der Waals surface area contributed by atoms with Crippen molar-refractivity contribution in [2.24, 2.45) is 17.6 Å². The minimum atomic E-state index is -0.0409. The largest absolute Gasteiger partial charge is 0.346 e. The van der Waals surface area contributed by atoms with Gasteiger partial charge in [-0.05, 0) is 44.6 Å². The fraction of sp³-hybridized carbons (Fsp3) is 0.824. The third kappa shape index (κ3) is 3.42. The normalized spacial score (nSPS) is 25.7. The highest BCUT2D eigenvalue weighted by atomic mass is 16.2. The zero-order valence-electron chi connectivity index (χ0n) is 14.1. The Balaban J connectivity index is 1.73. The first kappa shape index (κ1) is 16.4. The van der Waals surface area contributed by atoms with Crippen molar-refractivity contribution in [1.82, 2.24) is 20.1 Å². The number of rotatable bonds is 5. The van der Waals surface area contributed by atoms with Gasteiger partial charge in [0.2, 0.25) is 5.91 Å². The van der Waals surface area contributed by atoms with Gasteiger partial charge in [-0.3, -0.25) is 4.79 Å². The molecule has 0 saturated heterocycles. The zero-order valence-corrected chi connectivity index (χ0v) is 14.1. The molecule has 1 fully saturated rings. The molecular formula is C17H29N5O. The predicted octanol–water partition coefficient (Wildman–Crippen LogP) is 1.95. The van der Waals surface area contributed by atoms with Gasteiger partial charge >= 0.3 is 0 Å². The number of carbonyl (C=O) groups is 1. The van der Waals surface area contributed by atoms with Crippen LogP contribution >= 0.6 is 0 Å². The van der Waals surface area contributed by atoms with Gasteiger partial charge in [-0.2, -0.15) is 0 Å². The van der Waals surface area contributed by atoms with E-state index < -0.39 is 0 Å². The van der Waals surface area contributed by atoms with Crippen molar-refractivity contribution >= 4 is 5.91 Å². The predicted molar refractivity (Wildman–Crippen MR) is 88.6 cm³/mol. The Kier molecular flexibility index (Phi) is 5.30. The highest BCUT2D eigenvalue weighted by Crippen LogP contribution is 2.32. The molecule has 0 spiro atoms. The maximum Gasteiger partial charge on any atom is 0.224 e. The van der Waals surface area contributed by atoms with Crippen molar-refractivity contribution in [2.75, 3.05) is 6.54 Å². The van der Waals surface area contributed by atoms with Crippen LogP contribution in [-0.2, 0) is 17.8 Å². The molecule has 1 aromatic heterocycles. The van der Waals surface area contributed by atoms with Crippen LogP contribution in [0.2, 0.25) is 0 Å². The second-order valence-corrected chi connectivity index (χ2v) is 6.94. The lowest BCUT2D eigenvalue weighted by atomic mass is 9.95. The summed E-state index contributed by atoms with van der Waals surface area (Å²) in [7, 11) is 0. The second kappa shape index (κ2) is 7.43. The van der Waals surface area contributed by atoms with Gasteiger partial charge in [0.25, 0.3) is 0 Å². The topological polar surface area (TPSA) is 85.8 Å². The molecule has 6 heteroatoms. The van der Waals surface area contributed by atoms with Crippen LogP contribution in [0.15, 0.2) is 0 Å². The average Bonchev–Trinajstić information content (AvgIpc) is 3.13. The van der Waals surface area contributed by atoms with E-state index in [2.05, 4.69) is 27.0 Å². The van der Waals surface area contributed by atoms with Crippen molar-refractivity contribution in [3.63, 3.8) is 0 Å². The van der Waals surface area contributed by atoms with Gasteiger partial charge in [0.1, 0.15) is 5.82 Å². The van der Waals surface area contributed by atoms with Crippen LogP contribution in [0, 0.1) is 11.8 Å². The Labute approximate surface area is 138 Å². The van der Waals surface area contributed by atoms with Crippen molar-refractivity contribution in [3.05, 3.63) is 11.6 Å². The number of aromatic nitrogens is 3. The summed E-state index contributed by atoms with van der Waals surface area (Å²) < 4.78 is 2.23. The number of hydrogen-bond acceptors (Lipinski definition) is 4. The molecule has 23 heavy (non-hydrogen) atoms. The smallest absolute Gasteiger partial charge is 0.224 e. The Morgan fingerprint density at radius 3 is 2.96 bits per heavy atom. The SMILES string of the molecule is CCC(NC(=O)[C@@H]1CCC[C@@H]1CN)c1nnc2n1CCCCC2. The van der Waals surface area contributed by atoms with E-state index in [1.54, 1.807) is 0 Å². The van der Waals surface area contributed by atoms with E-state index in [0.717, 1.165) is 50.3 Å². The fourth-order valence-corrected chi connectivity index (χ4v) is 4.06. The van der Waals surface area contributed by atoms with Crippen LogP contribution in [-0.4, -0.2) is 27.2 Å². The molecule has 3 rings (SSSR count). The number of fused-ring (bicyclic) bond motifs is 1. The van der Waals surface area contributed by atoms with Gasteiger partial charge < -0.3 is 15.6 Å². The van der Waals surface area contributed by atoms with Crippen LogP contribution < -0.4 is 11.1 Å². The van der Waals surface area contributed by atoms with Crippen LogP contribution in [0.3, 0.4) is 0 Å². The van der Waals surface area contributed by atoms with Crippen molar-refractivity contribution in [2.45, 2.75) is 70.9 Å². The number of amides is 1. The van der Waals surface area contributed by atoms with Crippen LogP contribution in [0.1, 0.15) is 69.6 Å². The van der Waals surface area contributed by atoms with Gasteiger partial charge in [0, 0.05) is 18.9 Å². The van der Waals surface area contributed by atoms with Crippen molar-refractivity contribution < 1.29 is 4.79 Å². The lowest BCUT2D eigenvalue weighted by Gasteiger charge is -2.22. The third-order valence-electron chi connectivity index (χ3n) is 5.47. The lowest BCUT2D eigenvalue weighted by molar-refractivity contribution is -0.126. The summed E-state index contributed by atoms with van der Waals surface area (Å²) in [5.41, 5.74) is 5.82. The first-order valence-corrected chi connectivity index (χ1v) is 9.17. The zero-order chi connectivity index (χ0) is 16.2. The molecule has 1 saturated carbocycles. The lowest BCUT2D eigenvalue weighted by Crippen LogP contribution is -2.38. The number of carbonyl (C=O) groups excluding carboxylic acids is 1. The molecule has 6 nitrogen and oxygen atoms in total. The van der Waals surface area contributed by atoms with Gasteiger partial charge in [0.15, 0.2) is 5.82 Å². The van der Waals surface area contributed by atoms with E-state index in [-0.39, 0.29) is 17.9 Å². The molecule has 2 aliphatic rings. The molecule has 1 aliphatic heterocycles.